The van der Waals surface area contributed by atoms with Gasteiger partial charge in [0.25, 0.3) is 0 Å². The van der Waals surface area contributed by atoms with E-state index >= 15 is 0 Å². The summed E-state index contributed by atoms with van der Waals surface area (Å²) >= 11 is 12.4. The molecule has 0 N–H and O–H groups in total. The summed E-state index contributed by atoms with van der Waals surface area (Å²) < 4.78 is 1.84. The van der Waals surface area contributed by atoms with Gasteiger partial charge in [-0.25, -0.2) is 4.68 Å². The maximum atomic E-state index is 6.22. The van der Waals surface area contributed by atoms with Gasteiger partial charge in [0, 0.05) is 18.1 Å². The Labute approximate surface area is 129 Å². The molecule has 2 rings (SSSR count). The average molecular weight is 312 g/mol. The molecule has 0 saturated carbocycles. The fourth-order valence-corrected chi connectivity index (χ4v) is 2.94. The van der Waals surface area contributed by atoms with Gasteiger partial charge in [0.05, 0.1) is 15.7 Å². The van der Waals surface area contributed by atoms with Crippen molar-refractivity contribution in [3.8, 4) is 5.69 Å². The zero-order chi connectivity index (χ0) is 14.7. The lowest BCUT2D eigenvalue weighted by atomic mass is 10.1. The molecule has 0 aromatic carbocycles. The number of hydrogen-bond donors (Lipinski definition) is 0. The number of unbranched alkanes of at least 4 members (excludes halogenated alkanes) is 2. The molecule has 108 valence electrons. The Hall–Kier alpha value is -1.06. The molecular weight excluding hydrogens is 293 g/mol. The number of nitrogens with zero attached hydrogens (tertiary/aromatic N) is 3. The average Bonchev–Trinajstić information content (AvgIpc) is 2.67. The van der Waals surface area contributed by atoms with Crippen molar-refractivity contribution in [3.63, 3.8) is 0 Å². The standard InChI is InChI=1S/C15H19Cl2N3/c1-4-5-6-7-12-10(2)19-20(11(12)3)15-13(16)8-18-9-14(15)17/h8-9H,4-7H2,1-3H3. The summed E-state index contributed by atoms with van der Waals surface area (Å²) in [5, 5.41) is 5.63. The Bertz CT molecular complexity index is 585. The van der Waals surface area contributed by atoms with Crippen molar-refractivity contribution in [2.24, 2.45) is 0 Å². The van der Waals surface area contributed by atoms with Crippen molar-refractivity contribution in [2.75, 3.05) is 0 Å². The number of aryl methyl sites for hydroxylation is 1. The van der Waals surface area contributed by atoms with E-state index in [1.165, 1.54) is 24.8 Å². The fraction of sp³-hybridized carbons (Fsp3) is 0.467. The van der Waals surface area contributed by atoms with E-state index in [0.29, 0.717) is 15.7 Å². The van der Waals surface area contributed by atoms with E-state index in [2.05, 4.69) is 23.9 Å². The minimum atomic E-state index is 0.517. The summed E-state index contributed by atoms with van der Waals surface area (Å²) in [5.74, 6) is 0. The molecule has 0 saturated heterocycles. The SMILES string of the molecule is CCCCCc1c(C)nn(-c2c(Cl)cncc2Cl)c1C. The molecule has 20 heavy (non-hydrogen) atoms. The quantitative estimate of drug-likeness (QED) is 0.733. The Morgan fingerprint density at radius 1 is 1.10 bits per heavy atom. The molecule has 0 aliphatic heterocycles. The van der Waals surface area contributed by atoms with Crippen LogP contribution >= 0.6 is 23.2 Å². The molecule has 2 heterocycles. The Morgan fingerprint density at radius 3 is 2.35 bits per heavy atom. The van der Waals surface area contributed by atoms with Gasteiger partial charge in [0.1, 0.15) is 5.69 Å². The van der Waals surface area contributed by atoms with Crippen LogP contribution in [-0.2, 0) is 6.42 Å². The largest absolute Gasteiger partial charge is 0.261 e. The van der Waals surface area contributed by atoms with Crippen molar-refractivity contribution in [1.29, 1.82) is 0 Å². The molecular formula is C15H19Cl2N3. The van der Waals surface area contributed by atoms with Crippen molar-refractivity contribution in [1.82, 2.24) is 14.8 Å². The molecule has 0 amide bonds. The van der Waals surface area contributed by atoms with Gasteiger partial charge >= 0.3 is 0 Å². The van der Waals surface area contributed by atoms with E-state index in [1.807, 2.05) is 11.6 Å². The first-order valence-electron chi connectivity index (χ1n) is 6.90. The van der Waals surface area contributed by atoms with Crippen LogP contribution in [0, 0.1) is 13.8 Å². The molecule has 0 spiro atoms. The third-order valence-electron chi connectivity index (χ3n) is 3.51. The highest BCUT2D eigenvalue weighted by atomic mass is 35.5. The lowest BCUT2D eigenvalue weighted by Gasteiger charge is -2.09. The topological polar surface area (TPSA) is 30.7 Å². The van der Waals surface area contributed by atoms with E-state index < -0.39 is 0 Å². The van der Waals surface area contributed by atoms with E-state index in [1.54, 1.807) is 12.4 Å². The van der Waals surface area contributed by atoms with Crippen LogP contribution in [0.15, 0.2) is 12.4 Å². The molecule has 0 fully saturated rings. The summed E-state index contributed by atoms with van der Waals surface area (Å²) in [7, 11) is 0. The third-order valence-corrected chi connectivity index (χ3v) is 4.06. The van der Waals surface area contributed by atoms with Crippen LogP contribution in [-0.4, -0.2) is 14.8 Å². The number of aromatic nitrogens is 3. The predicted octanol–water partition coefficient (Wildman–Crippen LogP) is 4.92. The van der Waals surface area contributed by atoms with Crippen LogP contribution < -0.4 is 0 Å². The Morgan fingerprint density at radius 2 is 1.75 bits per heavy atom. The van der Waals surface area contributed by atoms with E-state index in [-0.39, 0.29) is 0 Å². The van der Waals surface area contributed by atoms with Crippen molar-refractivity contribution >= 4 is 23.2 Å². The van der Waals surface area contributed by atoms with Crippen LogP contribution in [0.2, 0.25) is 10.0 Å². The van der Waals surface area contributed by atoms with Crippen molar-refractivity contribution < 1.29 is 0 Å². The molecule has 0 aliphatic carbocycles. The van der Waals surface area contributed by atoms with E-state index in [9.17, 15) is 0 Å². The first kappa shape index (κ1) is 15.3. The minimum Gasteiger partial charge on any atom is -0.261 e. The van der Waals surface area contributed by atoms with E-state index in [0.717, 1.165) is 17.8 Å². The zero-order valence-electron chi connectivity index (χ0n) is 12.1. The molecule has 3 nitrogen and oxygen atoms in total. The number of hydrogen-bond acceptors (Lipinski definition) is 2. The van der Waals surface area contributed by atoms with Gasteiger partial charge in [-0.15, -0.1) is 0 Å². The normalized spacial score (nSPS) is 11.1. The van der Waals surface area contributed by atoms with Gasteiger partial charge in [0.2, 0.25) is 0 Å². The molecule has 0 atom stereocenters. The summed E-state index contributed by atoms with van der Waals surface area (Å²) in [4.78, 5) is 3.98. The minimum absolute atomic E-state index is 0.517. The maximum Gasteiger partial charge on any atom is 0.105 e. The van der Waals surface area contributed by atoms with Crippen LogP contribution in [0.25, 0.3) is 5.69 Å². The van der Waals surface area contributed by atoms with Gasteiger partial charge in [-0.3, -0.25) is 4.98 Å². The second-order valence-electron chi connectivity index (χ2n) is 4.97. The zero-order valence-corrected chi connectivity index (χ0v) is 13.6. The fourth-order valence-electron chi connectivity index (χ4n) is 2.41. The lowest BCUT2D eigenvalue weighted by molar-refractivity contribution is 0.713. The molecule has 0 unspecified atom stereocenters. The summed E-state index contributed by atoms with van der Waals surface area (Å²) in [6, 6.07) is 0. The van der Waals surface area contributed by atoms with Gasteiger partial charge in [-0.1, -0.05) is 43.0 Å². The molecule has 0 radical (unpaired) electrons. The predicted molar refractivity (Wildman–Crippen MR) is 84.1 cm³/mol. The second-order valence-corrected chi connectivity index (χ2v) is 5.78. The highest BCUT2D eigenvalue weighted by Crippen LogP contribution is 2.29. The Balaban J connectivity index is 2.41. The second kappa shape index (κ2) is 6.59. The Kier molecular flexibility index (Phi) is 5.06. The summed E-state index contributed by atoms with van der Waals surface area (Å²) in [5.41, 5.74) is 4.16. The van der Waals surface area contributed by atoms with Gasteiger partial charge in [-0.2, -0.15) is 5.10 Å². The first-order chi connectivity index (χ1) is 9.56. The third kappa shape index (κ3) is 2.99. The molecule has 2 aromatic heterocycles. The molecule has 5 heteroatoms. The van der Waals surface area contributed by atoms with E-state index in [4.69, 9.17) is 23.2 Å². The van der Waals surface area contributed by atoms with Crippen LogP contribution in [0.3, 0.4) is 0 Å². The molecule has 0 aliphatic rings. The highest BCUT2D eigenvalue weighted by Gasteiger charge is 2.16. The van der Waals surface area contributed by atoms with Crippen LogP contribution in [0.5, 0.6) is 0 Å². The van der Waals surface area contributed by atoms with Gasteiger partial charge < -0.3 is 0 Å². The maximum absolute atomic E-state index is 6.22. The number of rotatable bonds is 5. The summed E-state index contributed by atoms with van der Waals surface area (Å²) in [6.45, 7) is 6.31. The van der Waals surface area contributed by atoms with Gasteiger partial charge in [-0.05, 0) is 32.3 Å². The highest BCUT2D eigenvalue weighted by molar-refractivity contribution is 6.37. The summed E-state index contributed by atoms with van der Waals surface area (Å²) in [6.07, 6.45) is 7.87. The smallest absolute Gasteiger partial charge is 0.105 e. The number of pyridine rings is 1. The first-order valence-corrected chi connectivity index (χ1v) is 7.66. The van der Waals surface area contributed by atoms with Crippen LogP contribution in [0.1, 0.15) is 43.1 Å². The molecule has 0 bridgehead atoms. The lowest BCUT2D eigenvalue weighted by Crippen LogP contribution is -2.02. The van der Waals surface area contributed by atoms with Gasteiger partial charge in [0.15, 0.2) is 0 Å². The van der Waals surface area contributed by atoms with Crippen LogP contribution in [0.4, 0.5) is 0 Å². The number of halogens is 2. The molecule has 2 aromatic rings. The van der Waals surface area contributed by atoms with Crippen molar-refractivity contribution in [2.45, 2.75) is 46.5 Å². The van der Waals surface area contributed by atoms with Crippen molar-refractivity contribution in [3.05, 3.63) is 39.4 Å². The monoisotopic (exact) mass is 311 g/mol.